The molecule has 1 aliphatic heterocycles. The van der Waals surface area contributed by atoms with Gasteiger partial charge in [0.05, 0.1) is 12.7 Å². The predicted molar refractivity (Wildman–Crippen MR) is 103 cm³/mol. The van der Waals surface area contributed by atoms with E-state index >= 15 is 0 Å². The van der Waals surface area contributed by atoms with Crippen molar-refractivity contribution in [3.05, 3.63) is 59.2 Å². The average Bonchev–Trinajstić information content (AvgIpc) is 3.15. The summed E-state index contributed by atoms with van der Waals surface area (Å²) in [6, 6.07) is 12.4. The van der Waals surface area contributed by atoms with Gasteiger partial charge in [0.25, 0.3) is 5.91 Å². The summed E-state index contributed by atoms with van der Waals surface area (Å²) in [5, 5.41) is 5.55. The number of amides is 2. The van der Waals surface area contributed by atoms with E-state index in [9.17, 15) is 14.4 Å². The van der Waals surface area contributed by atoms with Gasteiger partial charge >= 0.3 is 5.97 Å². The lowest BCUT2D eigenvalue weighted by Crippen LogP contribution is -2.37. The maximum absolute atomic E-state index is 12.5. The third-order valence-electron chi connectivity index (χ3n) is 4.43. The van der Waals surface area contributed by atoms with Gasteiger partial charge in [-0.15, -0.1) is 0 Å². The van der Waals surface area contributed by atoms with Crippen LogP contribution in [0.2, 0.25) is 0 Å². The van der Waals surface area contributed by atoms with Gasteiger partial charge in [0, 0.05) is 25.1 Å². The minimum Gasteiger partial charge on any atom is -0.480 e. The van der Waals surface area contributed by atoms with Gasteiger partial charge in [-0.1, -0.05) is 25.1 Å². The molecule has 0 aliphatic carbocycles. The number of benzene rings is 2. The normalized spacial score (nSPS) is 14.6. The summed E-state index contributed by atoms with van der Waals surface area (Å²) in [6.07, 6.45) is 0.247. The van der Waals surface area contributed by atoms with E-state index in [2.05, 4.69) is 10.6 Å². The van der Waals surface area contributed by atoms with Crippen LogP contribution in [0.1, 0.15) is 34.8 Å². The van der Waals surface area contributed by atoms with E-state index in [1.54, 1.807) is 25.1 Å². The number of esters is 1. The second-order valence-electron chi connectivity index (χ2n) is 6.45. The topological polar surface area (TPSA) is 93.7 Å². The average molecular weight is 382 g/mol. The summed E-state index contributed by atoms with van der Waals surface area (Å²) in [5.74, 6) is -0.206. The third kappa shape index (κ3) is 4.49. The highest BCUT2D eigenvalue weighted by Gasteiger charge is 2.28. The number of rotatable bonds is 6. The van der Waals surface area contributed by atoms with Crippen LogP contribution < -0.4 is 15.4 Å². The number of anilines is 1. The summed E-state index contributed by atoms with van der Waals surface area (Å²) in [7, 11) is 1.29. The van der Waals surface area contributed by atoms with Crippen molar-refractivity contribution in [2.45, 2.75) is 32.4 Å². The van der Waals surface area contributed by atoms with Crippen molar-refractivity contribution in [2.75, 3.05) is 12.4 Å². The molecule has 7 nitrogen and oxygen atoms in total. The standard InChI is InChI=1S/C21H22N2O5/c1-3-19(24)23-16-9-13(8-15(10-16)21(26)27-2)12-22-20(25)18-11-14-6-4-5-7-17(14)28-18/h4-10,18H,3,11-12H2,1-2H3,(H,22,25)(H,23,24). The molecule has 146 valence electrons. The highest BCUT2D eigenvalue weighted by molar-refractivity contribution is 5.94. The molecule has 3 rings (SSSR count). The van der Waals surface area contributed by atoms with Gasteiger partial charge in [-0.25, -0.2) is 4.79 Å². The van der Waals surface area contributed by atoms with Crippen LogP contribution in [0.15, 0.2) is 42.5 Å². The molecule has 1 unspecified atom stereocenters. The largest absolute Gasteiger partial charge is 0.480 e. The summed E-state index contributed by atoms with van der Waals surface area (Å²) in [4.78, 5) is 36.1. The Morgan fingerprint density at radius 3 is 2.68 bits per heavy atom. The molecule has 0 saturated heterocycles. The number of carbonyl (C=O) groups excluding carboxylic acids is 3. The van der Waals surface area contributed by atoms with Gasteiger partial charge in [0.1, 0.15) is 5.75 Å². The molecule has 1 atom stereocenters. The van der Waals surface area contributed by atoms with Crippen molar-refractivity contribution in [3.8, 4) is 5.75 Å². The Bertz CT molecular complexity index is 884. The van der Waals surface area contributed by atoms with Crippen molar-refractivity contribution in [2.24, 2.45) is 0 Å². The molecule has 0 aromatic heterocycles. The first-order chi connectivity index (χ1) is 13.5. The van der Waals surface area contributed by atoms with Crippen molar-refractivity contribution in [1.29, 1.82) is 0 Å². The maximum atomic E-state index is 12.5. The molecule has 7 heteroatoms. The minimum absolute atomic E-state index is 0.172. The highest BCUT2D eigenvalue weighted by Crippen LogP contribution is 2.28. The quantitative estimate of drug-likeness (QED) is 0.749. The molecular weight excluding hydrogens is 360 g/mol. The Hall–Kier alpha value is -3.35. The Morgan fingerprint density at radius 2 is 1.96 bits per heavy atom. The zero-order chi connectivity index (χ0) is 20.1. The third-order valence-corrected chi connectivity index (χ3v) is 4.43. The SMILES string of the molecule is CCC(=O)Nc1cc(CNC(=O)C2Cc3ccccc3O2)cc(C(=O)OC)c1. The number of fused-ring (bicyclic) bond motifs is 1. The summed E-state index contributed by atoms with van der Waals surface area (Å²) in [5.41, 5.74) is 2.44. The van der Waals surface area contributed by atoms with E-state index in [4.69, 9.17) is 9.47 Å². The smallest absolute Gasteiger partial charge is 0.337 e. The van der Waals surface area contributed by atoms with Crippen LogP contribution in [0.3, 0.4) is 0 Å². The molecule has 2 aromatic rings. The predicted octanol–water partition coefficient (Wildman–Crippen LogP) is 2.44. The van der Waals surface area contributed by atoms with E-state index in [1.165, 1.54) is 7.11 Å². The van der Waals surface area contributed by atoms with Gasteiger partial charge in [0.15, 0.2) is 6.10 Å². The monoisotopic (exact) mass is 382 g/mol. The lowest BCUT2D eigenvalue weighted by Gasteiger charge is -2.13. The first-order valence-corrected chi connectivity index (χ1v) is 9.04. The molecule has 2 N–H and O–H groups in total. The van der Waals surface area contributed by atoms with Crippen molar-refractivity contribution < 1.29 is 23.9 Å². The lowest BCUT2D eigenvalue weighted by molar-refractivity contribution is -0.127. The van der Waals surface area contributed by atoms with Crippen molar-refractivity contribution >= 4 is 23.5 Å². The fourth-order valence-electron chi connectivity index (χ4n) is 2.98. The van der Waals surface area contributed by atoms with Crippen LogP contribution in [0.4, 0.5) is 5.69 Å². The van der Waals surface area contributed by atoms with Crippen molar-refractivity contribution in [1.82, 2.24) is 5.32 Å². The Morgan fingerprint density at radius 1 is 1.18 bits per heavy atom. The second kappa shape index (κ2) is 8.56. The van der Waals surface area contributed by atoms with E-state index < -0.39 is 12.1 Å². The van der Waals surface area contributed by atoms with Gasteiger partial charge in [-0.3, -0.25) is 9.59 Å². The molecule has 0 fully saturated rings. The summed E-state index contributed by atoms with van der Waals surface area (Å²) in [6.45, 7) is 1.93. The molecule has 28 heavy (non-hydrogen) atoms. The Kier molecular flexibility index (Phi) is 5.93. The highest BCUT2D eigenvalue weighted by atomic mass is 16.5. The zero-order valence-corrected chi connectivity index (χ0v) is 15.8. The van der Waals surface area contributed by atoms with E-state index in [1.807, 2.05) is 24.3 Å². The maximum Gasteiger partial charge on any atom is 0.337 e. The number of ether oxygens (including phenoxy) is 2. The fourth-order valence-corrected chi connectivity index (χ4v) is 2.98. The zero-order valence-electron chi connectivity index (χ0n) is 15.8. The summed E-state index contributed by atoms with van der Waals surface area (Å²) >= 11 is 0. The molecule has 1 aliphatic rings. The lowest BCUT2D eigenvalue weighted by atomic mass is 10.1. The molecule has 0 radical (unpaired) electrons. The molecule has 2 aromatic carbocycles. The molecule has 0 spiro atoms. The molecule has 0 saturated carbocycles. The summed E-state index contributed by atoms with van der Waals surface area (Å²) < 4.78 is 10.4. The number of nitrogens with one attached hydrogen (secondary N) is 2. The van der Waals surface area contributed by atoms with Crippen LogP contribution in [0, 0.1) is 0 Å². The number of methoxy groups -OCH3 is 1. The van der Waals surface area contributed by atoms with Gasteiger partial charge in [-0.05, 0) is 35.4 Å². The molecule has 0 bridgehead atoms. The van der Waals surface area contributed by atoms with Crippen LogP contribution in [0.5, 0.6) is 5.75 Å². The second-order valence-corrected chi connectivity index (χ2v) is 6.45. The Balaban J connectivity index is 1.69. The van der Waals surface area contributed by atoms with E-state index in [-0.39, 0.29) is 18.4 Å². The minimum atomic E-state index is -0.583. The van der Waals surface area contributed by atoms with Crippen molar-refractivity contribution in [3.63, 3.8) is 0 Å². The van der Waals surface area contributed by atoms with Crippen LogP contribution in [0.25, 0.3) is 0 Å². The Labute approximate surface area is 163 Å². The van der Waals surface area contributed by atoms with Crippen LogP contribution in [-0.4, -0.2) is 31.0 Å². The molecular formula is C21H22N2O5. The van der Waals surface area contributed by atoms with Gasteiger partial charge < -0.3 is 20.1 Å². The van der Waals surface area contributed by atoms with Crippen LogP contribution in [-0.2, 0) is 27.3 Å². The van der Waals surface area contributed by atoms with Gasteiger partial charge in [0.2, 0.25) is 5.91 Å². The van der Waals surface area contributed by atoms with Gasteiger partial charge in [-0.2, -0.15) is 0 Å². The van der Waals surface area contributed by atoms with Crippen LogP contribution >= 0.6 is 0 Å². The van der Waals surface area contributed by atoms with E-state index in [0.29, 0.717) is 29.7 Å². The number of hydrogen-bond donors (Lipinski definition) is 2. The number of carbonyl (C=O) groups is 3. The molecule has 1 heterocycles. The first kappa shape index (κ1) is 19.4. The molecule has 2 amide bonds. The van der Waals surface area contributed by atoms with E-state index in [0.717, 1.165) is 11.3 Å². The fraction of sp³-hybridized carbons (Fsp3) is 0.286. The number of para-hydroxylation sites is 1. The number of hydrogen-bond acceptors (Lipinski definition) is 5. The first-order valence-electron chi connectivity index (χ1n) is 9.04.